The number of ether oxygens (including phenoxy) is 1. The Morgan fingerprint density at radius 2 is 2.18 bits per heavy atom. The van der Waals surface area contributed by atoms with Crippen molar-refractivity contribution in [1.82, 2.24) is 9.97 Å². The van der Waals surface area contributed by atoms with Crippen LogP contribution < -0.4 is 4.90 Å². The van der Waals surface area contributed by atoms with Crippen molar-refractivity contribution in [3.63, 3.8) is 0 Å². The van der Waals surface area contributed by atoms with Gasteiger partial charge in [-0.25, -0.2) is 14.8 Å². The second kappa shape index (κ2) is 5.75. The maximum absolute atomic E-state index is 11.8. The van der Waals surface area contributed by atoms with Crippen LogP contribution in [0.15, 0.2) is 30.5 Å². The first kappa shape index (κ1) is 14.5. The second-order valence-corrected chi connectivity index (χ2v) is 5.44. The van der Waals surface area contributed by atoms with E-state index in [0.29, 0.717) is 29.9 Å². The summed E-state index contributed by atoms with van der Waals surface area (Å²) in [5, 5.41) is 0. The Labute approximate surface area is 130 Å². The van der Waals surface area contributed by atoms with Crippen molar-refractivity contribution < 1.29 is 9.53 Å². The molecule has 22 heavy (non-hydrogen) atoms. The van der Waals surface area contributed by atoms with E-state index in [2.05, 4.69) is 33.9 Å². The molecular formula is C17H19N3O2. The molecule has 0 saturated carbocycles. The third-order valence-electron chi connectivity index (χ3n) is 3.88. The van der Waals surface area contributed by atoms with E-state index in [4.69, 9.17) is 4.74 Å². The van der Waals surface area contributed by atoms with Gasteiger partial charge in [0.05, 0.1) is 17.9 Å². The van der Waals surface area contributed by atoms with Gasteiger partial charge < -0.3 is 9.64 Å². The molecule has 0 bridgehead atoms. The van der Waals surface area contributed by atoms with Crippen LogP contribution in [-0.2, 0) is 11.2 Å². The number of nitrogens with zero attached hydrogens (tertiary/aromatic N) is 3. The summed E-state index contributed by atoms with van der Waals surface area (Å²) in [5.74, 6) is 0.254. The summed E-state index contributed by atoms with van der Waals surface area (Å²) >= 11 is 0. The van der Waals surface area contributed by atoms with Crippen LogP contribution in [0.3, 0.4) is 0 Å². The van der Waals surface area contributed by atoms with Crippen molar-refractivity contribution in [3.8, 4) is 0 Å². The predicted octanol–water partition coefficient (Wildman–Crippen LogP) is 3.04. The summed E-state index contributed by atoms with van der Waals surface area (Å²) in [5.41, 5.74) is 3.50. The molecule has 0 aliphatic carbocycles. The minimum Gasteiger partial charge on any atom is -0.462 e. The van der Waals surface area contributed by atoms with Gasteiger partial charge in [0.2, 0.25) is 5.95 Å². The van der Waals surface area contributed by atoms with Crippen LogP contribution in [0, 0.1) is 6.92 Å². The van der Waals surface area contributed by atoms with Crippen LogP contribution in [0.2, 0.25) is 0 Å². The van der Waals surface area contributed by atoms with E-state index in [1.54, 1.807) is 13.1 Å². The number of anilines is 2. The van der Waals surface area contributed by atoms with E-state index >= 15 is 0 Å². The van der Waals surface area contributed by atoms with Crippen LogP contribution in [0.5, 0.6) is 0 Å². The molecule has 0 radical (unpaired) electrons. The standard InChI is InChI=1S/C17H19N3O2/c1-4-22-16(21)14-10-18-17(19-12(14)3)20-11(2)9-13-7-5-6-8-15(13)20/h5-8,10-11H,4,9H2,1-3H3. The van der Waals surface area contributed by atoms with Gasteiger partial charge in [-0.1, -0.05) is 18.2 Å². The van der Waals surface area contributed by atoms with Gasteiger partial charge in [-0.2, -0.15) is 0 Å². The van der Waals surface area contributed by atoms with Crippen molar-refractivity contribution in [2.45, 2.75) is 33.2 Å². The Bertz CT molecular complexity index is 715. The number of carbonyl (C=O) groups is 1. The van der Waals surface area contributed by atoms with Crippen molar-refractivity contribution in [1.29, 1.82) is 0 Å². The fourth-order valence-electron chi connectivity index (χ4n) is 2.85. The normalized spacial score (nSPS) is 16.5. The van der Waals surface area contributed by atoms with Gasteiger partial charge in [0.25, 0.3) is 0 Å². The zero-order valence-electron chi connectivity index (χ0n) is 13.0. The summed E-state index contributed by atoms with van der Waals surface area (Å²) in [4.78, 5) is 22.9. The van der Waals surface area contributed by atoms with Crippen molar-refractivity contribution in [2.24, 2.45) is 0 Å². The van der Waals surface area contributed by atoms with Gasteiger partial charge in [-0.05, 0) is 38.8 Å². The Hall–Kier alpha value is -2.43. The van der Waals surface area contributed by atoms with Crippen LogP contribution >= 0.6 is 0 Å². The molecule has 1 aromatic heterocycles. The molecule has 2 heterocycles. The smallest absolute Gasteiger partial charge is 0.341 e. The van der Waals surface area contributed by atoms with E-state index in [1.807, 2.05) is 19.1 Å². The third kappa shape index (κ3) is 2.43. The van der Waals surface area contributed by atoms with E-state index < -0.39 is 0 Å². The summed E-state index contributed by atoms with van der Waals surface area (Å²) < 4.78 is 5.02. The number of para-hydroxylation sites is 1. The van der Waals surface area contributed by atoms with Crippen LogP contribution in [0.4, 0.5) is 11.6 Å². The lowest BCUT2D eigenvalue weighted by Gasteiger charge is -2.23. The average molecular weight is 297 g/mol. The number of carbonyl (C=O) groups excluding carboxylic acids is 1. The maximum Gasteiger partial charge on any atom is 0.341 e. The van der Waals surface area contributed by atoms with Crippen LogP contribution in [0.1, 0.15) is 35.5 Å². The summed E-state index contributed by atoms with van der Waals surface area (Å²) in [6.45, 7) is 6.09. The molecule has 1 unspecified atom stereocenters. The number of aryl methyl sites for hydroxylation is 1. The van der Waals surface area contributed by atoms with Gasteiger partial charge in [-0.3, -0.25) is 0 Å². The molecule has 1 aromatic carbocycles. The van der Waals surface area contributed by atoms with E-state index in [-0.39, 0.29) is 5.97 Å². The predicted molar refractivity (Wildman–Crippen MR) is 84.5 cm³/mol. The van der Waals surface area contributed by atoms with Crippen molar-refractivity contribution in [2.75, 3.05) is 11.5 Å². The topological polar surface area (TPSA) is 55.3 Å². The molecule has 3 rings (SSSR count). The van der Waals surface area contributed by atoms with Crippen LogP contribution in [-0.4, -0.2) is 28.6 Å². The highest BCUT2D eigenvalue weighted by atomic mass is 16.5. The molecule has 1 aliphatic heterocycles. The Morgan fingerprint density at radius 3 is 2.91 bits per heavy atom. The first-order chi connectivity index (χ1) is 10.6. The molecule has 0 saturated heterocycles. The minimum atomic E-state index is -0.374. The fraction of sp³-hybridized carbons (Fsp3) is 0.353. The highest BCUT2D eigenvalue weighted by Crippen LogP contribution is 2.36. The number of hydrogen-bond donors (Lipinski definition) is 0. The molecule has 5 nitrogen and oxygen atoms in total. The summed E-state index contributed by atoms with van der Waals surface area (Å²) in [6, 6.07) is 8.57. The molecule has 0 amide bonds. The van der Waals surface area contributed by atoms with Gasteiger partial charge in [0.1, 0.15) is 0 Å². The Morgan fingerprint density at radius 1 is 1.41 bits per heavy atom. The highest BCUT2D eigenvalue weighted by molar-refractivity contribution is 5.90. The lowest BCUT2D eigenvalue weighted by Crippen LogP contribution is -2.26. The van der Waals surface area contributed by atoms with Gasteiger partial charge in [-0.15, -0.1) is 0 Å². The quantitative estimate of drug-likeness (QED) is 0.815. The lowest BCUT2D eigenvalue weighted by atomic mass is 10.1. The molecule has 2 aromatic rings. The molecular weight excluding hydrogens is 278 g/mol. The summed E-state index contributed by atoms with van der Waals surface area (Å²) in [6.07, 6.45) is 2.53. The van der Waals surface area contributed by atoms with E-state index in [1.165, 1.54) is 5.56 Å². The molecule has 0 spiro atoms. The molecule has 114 valence electrons. The minimum absolute atomic E-state index is 0.297. The van der Waals surface area contributed by atoms with Crippen LogP contribution in [0.25, 0.3) is 0 Å². The monoisotopic (exact) mass is 297 g/mol. The number of hydrogen-bond acceptors (Lipinski definition) is 5. The zero-order valence-corrected chi connectivity index (χ0v) is 13.0. The summed E-state index contributed by atoms with van der Waals surface area (Å²) in [7, 11) is 0. The van der Waals surface area contributed by atoms with Crippen molar-refractivity contribution in [3.05, 3.63) is 47.3 Å². The Balaban J connectivity index is 1.96. The maximum atomic E-state index is 11.8. The SMILES string of the molecule is CCOC(=O)c1cnc(N2c3ccccc3CC2C)nc1C. The third-order valence-corrected chi connectivity index (χ3v) is 3.88. The van der Waals surface area contributed by atoms with Gasteiger partial charge in [0, 0.05) is 17.9 Å². The van der Waals surface area contributed by atoms with E-state index in [0.717, 1.165) is 12.1 Å². The average Bonchev–Trinajstić information content (AvgIpc) is 2.83. The second-order valence-electron chi connectivity index (χ2n) is 5.44. The molecule has 5 heteroatoms. The van der Waals surface area contributed by atoms with Gasteiger partial charge >= 0.3 is 5.97 Å². The zero-order chi connectivity index (χ0) is 15.7. The first-order valence-electron chi connectivity index (χ1n) is 7.49. The van der Waals surface area contributed by atoms with E-state index in [9.17, 15) is 4.79 Å². The number of esters is 1. The number of aromatic nitrogens is 2. The Kier molecular flexibility index (Phi) is 3.79. The first-order valence-corrected chi connectivity index (χ1v) is 7.49. The molecule has 0 fully saturated rings. The number of rotatable bonds is 3. The highest BCUT2D eigenvalue weighted by Gasteiger charge is 2.29. The molecule has 1 aliphatic rings. The van der Waals surface area contributed by atoms with Gasteiger partial charge in [0.15, 0.2) is 0 Å². The molecule has 1 atom stereocenters. The largest absolute Gasteiger partial charge is 0.462 e. The molecule has 0 N–H and O–H groups in total. The fourth-order valence-corrected chi connectivity index (χ4v) is 2.85. The number of benzene rings is 1. The number of fused-ring (bicyclic) bond motifs is 1. The lowest BCUT2D eigenvalue weighted by molar-refractivity contribution is 0.0524. The van der Waals surface area contributed by atoms with Crippen molar-refractivity contribution >= 4 is 17.6 Å².